The van der Waals surface area contributed by atoms with E-state index in [4.69, 9.17) is 0 Å². The Morgan fingerprint density at radius 3 is 2.73 bits per heavy atom. The number of hydrogen-bond acceptors (Lipinski definition) is 3. The largest absolute Gasteiger partial charge is 0.304 e. The summed E-state index contributed by atoms with van der Waals surface area (Å²) in [6.45, 7) is 3.88. The van der Waals surface area contributed by atoms with E-state index in [2.05, 4.69) is 10.3 Å². The smallest absolute Gasteiger partial charge is 0.239 e. The molecule has 1 N–H and O–H groups in total. The molecule has 1 aliphatic rings. The molecule has 1 amide bonds. The standard InChI is InChI=1S/C11H12N2OS/c1-7-5-3-4-6-9(7)12-11-13-10(14)8(2)15-11/h3-6,8H,1-2H3,(H,12,13,14). The van der Waals surface area contributed by atoms with E-state index >= 15 is 0 Å². The first-order valence-corrected chi connectivity index (χ1v) is 5.66. The second-order valence-corrected chi connectivity index (χ2v) is 4.78. The van der Waals surface area contributed by atoms with Crippen LogP contribution in [0.15, 0.2) is 29.3 Å². The minimum Gasteiger partial charge on any atom is -0.304 e. The number of amidine groups is 1. The maximum Gasteiger partial charge on any atom is 0.239 e. The number of benzene rings is 1. The van der Waals surface area contributed by atoms with Crippen LogP contribution in [0.4, 0.5) is 5.69 Å². The van der Waals surface area contributed by atoms with Crippen molar-refractivity contribution in [2.75, 3.05) is 0 Å². The van der Waals surface area contributed by atoms with Gasteiger partial charge in [0.25, 0.3) is 0 Å². The van der Waals surface area contributed by atoms with Crippen LogP contribution in [-0.4, -0.2) is 16.3 Å². The van der Waals surface area contributed by atoms with Crippen molar-refractivity contribution in [1.29, 1.82) is 0 Å². The van der Waals surface area contributed by atoms with Gasteiger partial charge in [0.2, 0.25) is 5.91 Å². The van der Waals surface area contributed by atoms with Crippen molar-refractivity contribution in [3.8, 4) is 0 Å². The fourth-order valence-corrected chi connectivity index (χ4v) is 2.12. The van der Waals surface area contributed by atoms with Crippen molar-refractivity contribution in [3.63, 3.8) is 0 Å². The molecule has 78 valence electrons. The third kappa shape index (κ3) is 2.21. The molecule has 0 radical (unpaired) electrons. The first kappa shape index (κ1) is 10.2. The Hall–Kier alpha value is -1.29. The zero-order valence-corrected chi connectivity index (χ0v) is 9.47. The van der Waals surface area contributed by atoms with E-state index in [0.29, 0.717) is 5.17 Å². The Bertz CT molecular complexity index is 428. The summed E-state index contributed by atoms with van der Waals surface area (Å²) in [6.07, 6.45) is 0. The second kappa shape index (κ2) is 4.06. The maximum atomic E-state index is 11.2. The van der Waals surface area contributed by atoms with Crippen molar-refractivity contribution in [2.45, 2.75) is 19.1 Å². The van der Waals surface area contributed by atoms with Gasteiger partial charge >= 0.3 is 0 Å². The van der Waals surface area contributed by atoms with Crippen LogP contribution in [0.2, 0.25) is 0 Å². The minimum atomic E-state index is -0.0345. The lowest BCUT2D eigenvalue weighted by atomic mass is 10.2. The molecule has 1 atom stereocenters. The lowest BCUT2D eigenvalue weighted by Gasteiger charge is -2.00. The Morgan fingerprint density at radius 1 is 1.40 bits per heavy atom. The molecular formula is C11H12N2OS. The van der Waals surface area contributed by atoms with E-state index in [1.165, 1.54) is 11.8 Å². The van der Waals surface area contributed by atoms with Crippen LogP contribution in [0.25, 0.3) is 0 Å². The van der Waals surface area contributed by atoms with Crippen LogP contribution in [0.5, 0.6) is 0 Å². The predicted molar refractivity (Wildman–Crippen MR) is 63.5 cm³/mol. The molecule has 3 nitrogen and oxygen atoms in total. The number of nitrogens with zero attached hydrogens (tertiary/aromatic N) is 1. The number of nitrogens with one attached hydrogen (secondary N) is 1. The summed E-state index contributed by atoms with van der Waals surface area (Å²) in [7, 11) is 0. The monoisotopic (exact) mass is 220 g/mol. The zero-order chi connectivity index (χ0) is 10.8. The van der Waals surface area contributed by atoms with E-state index < -0.39 is 0 Å². The number of para-hydroxylation sites is 1. The third-order valence-electron chi connectivity index (χ3n) is 2.23. The van der Waals surface area contributed by atoms with Gasteiger partial charge in [-0.3, -0.25) is 4.79 Å². The number of amides is 1. The average Bonchev–Trinajstić information content (AvgIpc) is 2.50. The first-order valence-electron chi connectivity index (χ1n) is 4.78. The molecule has 15 heavy (non-hydrogen) atoms. The maximum absolute atomic E-state index is 11.2. The van der Waals surface area contributed by atoms with Crippen LogP contribution in [-0.2, 0) is 4.79 Å². The molecule has 1 aromatic rings. The lowest BCUT2D eigenvalue weighted by molar-refractivity contribution is -0.118. The fourth-order valence-electron chi connectivity index (χ4n) is 1.31. The van der Waals surface area contributed by atoms with E-state index in [1.54, 1.807) is 0 Å². The number of carbonyl (C=O) groups is 1. The topological polar surface area (TPSA) is 41.5 Å². The summed E-state index contributed by atoms with van der Waals surface area (Å²) < 4.78 is 0. The predicted octanol–water partition coefficient (Wildman–Crippen LogP) is 2.23. The molecule has 0 bridgehead atoms. The van der Waals surface area contributed by atoms with Gasteiger partial charge < -0.3 is 5.32 Å². The van der Waals surface area contributed by atoms with E-state index in [1.807, 2.05) is 38.1 Å². The molecule has 4 heteroatoms. The highest BCUT2D eigenvalue weighted by atomic mass is 32.2. The number of hydrogen-bond donors (Lipinski definition) is 1. The van der Waals surface area contributed by atoms with Gasteiger partial charge in [0.1, 0.15) is 0 Å². The molecule has 1 aromatic carbocycles. The molecule has 1 fully saturated rings. The second-order valence-electron chi connectivity index (χ2n) is 3.45. The normalized spacial score (nSPS) is 23.2. The van der Waals surface area contributed by atoms with Gasteiger partial charge in [-0.05, 0) is 25.5 Å². The van der Waals surface area contributed by atoms with Gasteiger partial charge in [-0.25, -0.2) is 4.99 Å². The van der Waals surface area contributed by atoms with Crippen LogP contribution < -0.4 is 5.32 Å². The molecule has 0 aromatic heterocycles. The van der Waals surface area contributed by atoms with Gasteiger partial charge in [0, 0.05) is 0 Å². The number of aryl methyl sites for hydroxylation is 1. The zero-order valence-electron chi connectivity index (χ0n) is 8.65. The average molecular weight is 220 g/mol. The molecule has 1 saturated heterocycles. The van der Waals surface area contributed by atoms with Crippen LogP contribution in [0.1, 0.15) is 12.5 Å². The summed E-state index contributed by atoms with van der Waals surface area (Å²) in [6, 6.07) is 7.86. The van der Waals surface area contributed by atoms with Crippen molar-refractivity contribution in [1.82, 2.24) is 5.32 Å². The highest BCUT2D eigenvalue weighted by Gasteiger charge is 2.25. The van der Waals surface area contributed by atoms with E-state index in [0.717, 1.165) is 11.3 Å². The van der Waals surface area contributed by atoms with Crippen LogP contribution in [0.3, 0.4) is 0 Å². The molecule has 0 spiro atoms. The van der Waals surface area contributed by atoms with Gasteiger partial charge in [-0.15, -0.1) is 0 Å². The quantitative estimate of drug-likeness (QED) is 0.788. The molecule has 1 heterocycles. The van der Waals surface area contributed by atoms with Crippen LogP contribution >= 0.6 is 11.8 Å². The summed E-state index contributed by atoms with van der Waals surface area (Å²) in [5, 5.41) is 3.41. The lowest BCUT2D eigenvalue weighted by Crippen LogP contribution is -2.23. The van der Waals surface area contributed by atoms with E-state index in [9.17, 15) is 4.79 Å². The molecule has 1 unspecified atom stereocenters. The number of thioether (sulfide) groups is 1. The fraction of sp³-hybridized carbons (Fsp3) is 0.273. The summed E-state index contributed by atoms with van der Waals surface area (Å²) in [4.78, 5) is 15.7. The van der Waals surface area contributed by atoms with Crippen LogP contribution in [0, 0.1) is 6.92 Å². The first-order chi connectivity index (χ1) is 7.16. The molecule has 1 aliphatic heterocycles. The molecular weight excluding hydrogens is 208 g/mol. The Balaban J connectivity index is 2.25. The number of carbonyl (C=O) groups excluding carboxylic acids is 1. The van der Waals surface area contributed by atoms with E-state index in [-0.39, 0.29) is 11.2 Å². The number of aliphatic imine (C=N–C) groups is 1. The summed E-state index contributed by atoms with van der Waals surface area (Å²) in [5.74, 6) is 0.0346. The Morgan fingerprint density at radius 2 is 2.13 bits per heavy atom. The van der Waals surface area contributed by atoms with Crippen molar-refractivity contribution in [2.24, 2.45) is 4.99 Å². The van der Waals surface area contributed by atoms with Gasteiger partial charge in [0.05, 0.1) is 10.9 Å². The highest BCUT2D eigenvalue weighted by molar-refractivity contribution is 8.15. The molecule has 0 aliphatic carbocycles. The van der Waals surface area contributed by atoms with Crippen molar-refractivity contribution in [3.05, 3.63) is 29.8 Å². The summed E-state index contributed by atoms with van der Waals surface area (Å²) >= 11 is 1.47. The highest BCUT2D eigenvalue weighted by Crippen LogP contribution is 2.24. The Labute approximate surface area is 93.0 Å². The van der Waals surface area contributed by atoms with Gasteiger partial charge in [0.15, 0.2) is 5.17 Å². The third-order valence-corrected chi connectivity index (χ3v) is 3.21. The number of rotatable bonds is 1. The summed E-state index contributed by atoms with van der Waals surface area (Å²) in [5.41, 5.74) is 2.02. The molecule has 0 saturated carbocycles. The molecule has 2 rings (SSSR count). The minimum absolute atomic E-state index is 0.0345. The van der Waals surface area contributed by atoms with Gasteiger partial charge in [-0.1, -0.05) is 30.0 Å². The van der Waals surface area contributed by atoms with Crippen molar-refractivity contribution >= 4 is 28.5 Å². The SMILES string of the molecule is Cc1ccccc1N=C1NC(=O)C(C)S1. The van der Waals surface area contributed by atoms with Crippen molar-refractivity contribution < 1.29 is 4.79 Å². The van der Waals surface area contributed by atoms with Gasteiger partial charge in [-0.2, -0.15) is 0 Å². The Kier molecular flexibility index (Phi) is 2.77.